The first kappa shape index (κ1) is 15.3. The van der Waals surface area contributed by atoms with Crippen LogP contribution >= 0.6 is 23.5 Å². The standard InChI is InChI=1S/C8H6F6N2S2/c9-7(10,11)17-4-2-1-3-5(6(4)16-15)18-8(12,13)14/h1-3,16H,15H2. The lowest BCUT2D eigenvalue weighted by atomic mass is 10.3. The summed E-state index contributed by atoms with van der Waals surface area (Å²) in [5.74, 6) is 4.98. The second-order valence-corrected chi connectivity index (χ2v) is 5.08. The van der Waals surface area contributed by atoms with Crippen LogP contribution in [0.4, 0.5) is 32.0 Å². The van der Waals surface area contributed by atoms with Crippen molar-refractivity contribution in [2.24, 2.45) is 5.84 Å². The summed E-state index contributed by atoms with van der Waals surface area (Å²) in [7, 11) is 0. The van der Waals surface area contributed by atoms with Crippen LogP contribution in [0.1, 0.15) is 0 Å². The smallest absolute Gasteiger partial charge is 0.322 e. The van der Waals surface area contributed by atoms with Crippen molar-refractivity contribution in [2.45, 2.75) is 20.8 Å². The van der Waals surface area contributed by atoms with Crippen molar-refractivity contribution in [1.29, 1.82) is 0 Å². The number of benzene rings is 1. The third-order valence-electron chi connectivity index (χ3n) is 1.58. The fourth-order valence-electron chi connectivity index (χ4n) is 1.07. The Morgan fingerprint density at radius 2 is 1.28 bits per heavy atom. The van der Waals surface area contributed by atoms with Crippen molar-refractivity contribution in [3.05, 3.63) is 18.2 Å². The summed E-state index contributed by atoms with van der Waals surface area (Å²) < 4.78 is 73.2. The zero-order valence-electron chi connectivity index (χ0n) is 8.39. The first-order valence-corrected chi connectivity index (χ1v) is 5.87. The minimum atomic E-state index is -4.60. The predicted molar refractivity (Wildman–Crippen MR) is 58.1 cm³/mol. The van der Waals surface area contributed by atoms with E-state index in [1.807, 2.05) is 5.43 Å². The van der Waals surface area contributed by atoms with Gasteiger partial charge in [-0.25, -0.2) is 0 Å². The van der Waals surface area contributed by atoms with Gasteiger partial charge in [-0.3, -0.25) is 5.84 Å². The van der Waals surface area contributed by atoms with Crippen molar-refractivity contribution in [3.63, 3.8) is 0 Å². The fraction of sp³-hybridized carbons (Fsp3) is 0.250. The Bertz CT molecular complexity index is 383. The SMILES string of the molecule is NNc1c(SC(F)(F)F)cccc1SC(F)(F)F. The number of thioether (sulfide) groups is 2. The van der Waals surface area contributed by atoms with E-state index in [0.717, 1.165) is 18.2 Å². The van der Waals surface area contributed by atoms with Crippen LogP contribution in [-0.2, 0) is 0 Å². The number of nitrogens with two attached hydrogens (primary N) is 1. The Labute approximate surface area is 106 Å². The monoisotopic (exact) mass is 308 g/mol. The molecule has 1 rings (SSSR count). The minimum absolute atomic E-state index is 0.401. The van der Waals surface area contributed by atoms with Crippen LogP contribution < -0.4 is 11.3 Å². The van der Waals surface area contributed by atoms with Gasteiger partial charge in [0, 0.05) is 9.79 Å². The molecule has 3 N–H and O–H groups in total. The maximum absolute atomic E-state index is 12.2. The van der Waals surface area contributed by atoms with Crippen LogP contribution in [0.15, 0.2) is 28.0 Å². The van der Waals surface area contributed by atoms with E-state index in [9.17, 15) is 26.3 Å². The summed E-state index contributed by atoms with van der Waals surface area (Å²) in [4.78, 5) is -0.835. The van der Waals surface area contributed by atoms with Gasteiger partial charge in [0.2, 0.25) is 0 Å². The van der Waals surface area contributed by atoms with Gasteiger partial charge in [0.15, 0.2) is 0 Å². The van der Waals surface area contributed by atoms with Crippen LogP contribution in [0.3, 0.4) is 0 Å². The molecule has 0 aliphatic carbocycles. The second-order valence-electron chi connectivity index (χ2n) is 2.87. The van der Waals surface area contributed by atoms with Gasteiger partial charge in [0.1, 0.15) is 0 Å². The number of nitrogen functional groups attached to an aromatic ring is 1. The molecule has 0 unspecified atom stereocenters. The first-order chi connectivity index (χ1) is 8.12. The quantitative estimate of drug-likeness (QED) is 0.380. The Kier molecular flexibility index (Phi) is 4.67. The van der Waals surface area contributed by atoms with Gasteiger partial charge in [0.05, 0.1) is 5.69 Å². The molecule has 102 valence electrons. The summed E-state index contributed by atoms with van der Waals surface area (Å²) in [5.41, 5.74) is -7.74. The molecule has 0 bridgehead atoms. The van der Waals surface area contributed by atoms with Crippen LogP contribution in [0, 0.1) is 0 Å². The molecule has 0 spiro atoms. The zero-order chi connectivity index (χ0) is 14.0. The number of hydrogen-bond acceptors (Lipinski definition) is 4. The number of anilines is 1. The van der Waals surface area contributed by atoms with Crippen molar-refractivity contribution >= 4 is 29.2 Å². The second kappa shape index (κ2) is 5.49. The third-order valence-corrected chi connectivity index (χ3v) is 3.17. The summed E-state index contributed by atoms with van der Waals surface area (Å²) in [5, 5.41) is 0. The molecule has 0 heterocycles. The number of alkyl halides is 6. The van der Waals surface area contributed by atoms with Crippen molar-refractivity contribution < 1.29 is 26.3 Å². The lowest BCUT2D eigenvalue weighted by Gasteiger charge is -2.15. The topological polar surface area (TPSA) is 38.0 Å². The maximum atomic E-state index is 12.2. The third kappa shape index (κ3) is 4.86. The van der Waals surface area contributed by atoms with Crippen molar-refractivity contribution in [1.82, 2.24) is 0 Å². The zero-order valence-corrected chi connectivity index (χ0v) is 10.0. The van der Waals surface area contributed by atoms with E-state index < -0.39 is 50.0 Å². The van der Waals surface area contributed by atoms with E-state index in [0.29, 0.717) is 0 Å². The Balaban J connectivity index is 3.10. The molecule has 0 amide bonds. The van der Waals surface area contributed by atoms with E-state index in [2.05, 4.69) is 0 Å². The predicted octanol–water partition coefficient (Wildman–Crippen LogP) is 4.20. The molecule has 0 aliphatic rings. The molecular formula is C8H6F6N2S2. The average molecular weight is 308 g/mol. The highest BCUT2D eigenvalue weighted by Crippen LogP contribution is 2.46. The molecule has 1 aromatic rings. The van der Waals surface area contributed by atoms with E-state index in [1.54, 1.807) is 0 Å². The Hall–Kier alpha value is -0.740. The number of rotatable bonds is 3. The average Bonchev–Trinajstić information content (AvgIpc) is 2.12. The molecule has 0 aromatic heterocycles. The lowest BCUT2D eigenvalue weighted by Crippen LogP contribution is -2.11. The normalized spacial score (nSPS) is 12.6. The highest BCUT2D eigenvalue weighted by atomic mass is 32.2. The van der Waals surface area contributed by atoms with Crippen LogP contribution in [-0.4, -0.2) is 11.0 Å². The first-order valence-electron chi connectivity index (χ1n) is 4.23. The molecule has 0 saturated carbocycles. The van der Waals surface area contributed by atoms with Crippen LogP contribution in [0.25, 0.3) is 0 Å². The van der Waals surface area contributed by atoms with Gasteiger partial charge in [-0.2, -0.15) is 26.3 Å². The molecule has 0 aliphatic heterocycles. The van der Waals surface area contributed by atoms with E-state index in [4.69, 9.17) is 5.84 Å². The Morgan fingerprint density at radius 3 is 1.56 bits per heavy atom. The summed E-state index contributed by atoms with van der Waals surface area (Å²) in [6.07, 6.45) is 0. The number of para-hydroxylation sites is 1. The van der Waals surface area contributed by atoms with Gasteiger partial charge in [-0.05, 0) is 35.7 Å². The largest absolute Gasteiger partial charge is 0.446 e. The summed E-state index contributed by atoms with van der Waals surface area (Å²) in [6, 6.07) is 3.17. The number of halogens is 6. The van der Waals surface area contributed by atoms with Gasteiger partial charge in [-0.1, -0.05) is 6.07 Å². The van der Waals surface area contributed by atoms with E-state index >= 15 is 0 Å². The molecule has 10 heteroatoms. The molecule has 0 fully saturated rings. The van der Waals surface area contributed by atoms with Gasteiger partial charge >= 0.3 is 11.0 Å². The Morgan fingerprint density at radius 1 is 0.889 bits per heavy atom. The molecule has 0 radical (unpaired) electrons. The molecule has 18 heavy (non-hydrogen) atoms. The highest BCUT2D eigenvalue weighted by molar-refractivity contribution is 8.01. The minimum Gasteiger partial charge on any atom is -0.322 e. The fourth-order valence-corrected chi connectivity index (χ4v) is 2.47. The number of hydrogen-bond donors (Lipinski definition) is 2. The molecule has 1 aromatic carbocycles. The molecule has 0 saturated heterocycles. The highest BCUT2D eigenvalue weighted by Gasteiger charge is 2.34. The summed E-state index contributed by atoms with van der Waals surface area (Å²) >= 11 is -1.06. The maximum Gasteiger partial charge on any atom is 0.446 e. The molecular weight excluding hydrogens is 302 g/mol. The van der Waals surface area contributed by atoms with Crippen LogP contribution in [0.5, 0.6) is 0 Å². The molecule has 2 nitrogen and oxygen atoms in total. The van der Waals surface area contributed by atoms with E-state index in [1.165, 1.54) is 0 Å². The molecule has 0 atom stereocenters. The van der Waals surface area contributed by atoms with Gasteiger partial charge < -0.3 is 5.43 Å². The summed E-state index contributed by atoms with van der Waals surface area (Å²) in [6.45, 7) is 0. The van der Waals surface area contributed by atoms with Gasteiger partial charge in [0.25, 0.3) is 0 Å². The van der Waals surface area contributed by atoms with E-state index in [-0.39, 0.29) is 0 Å². The van der Waals surface area contributed by atoms with Crippen molar-refractivity contribution in [3.8, 4) is 0 Å². The number of hydrazine groups is 1. The lowest BCUT2D eigenvalue weighted by molar-refractivity contribution is -0.0334. The van der Waals surface area contributed by atoms with Crippen molar-refractivity contribution in [2.75, 3.05) is 5.43 Å². The van der Waals surface area contributed by atoms with Crippen LogP contribution in [0.2, 0.25) is 0 Å². The number of nitrogens with one attached hydrogen (secondary N) is 1. The van der Waals surface area contributed by atoms with Gasteiger partial charge in [-0.15, -0.1) is 0 Å².